The molecule has 0 aromatic rings. The Morgan fingerprint density at radius 2 is 2.31 bits per heavy atom. The summed E-state index contributed by atoms with van der Waals surface area (Å²) >= 11 is 0. The summed E-state index contributed by atoms with van der Waals surface area (Å²) < 4.78 is 5.59. The van der Waals surface area contributed by atoms with Crippen LogP contribution in [0.25, 0.3) is 0 Å². The average Bonchev–Trinajstić information content (AvgIpc) is 3.06. The van der Waals surface area contributed by atoms with Crippen molar-refractivity contribution in [1.82, 2.24) is 4.90 Å². The van der Waals surface area contributed by atoms with Gasteiger partial charge in [-0.25, -0.2) is 0 Å². The van der Waals surface area contributed by atoms with E-state index in [0.29, 0.717) is 12.5 Å². The number of nitrogens with zero attached hydrogens (tertiary/aromatic N) is 2. The highest BCUT2D eigenvalue weighted by Gasteiger charge is 2.43. The van der Waals surface area contributed by atoms with Crippen LogP contribution in [0.4, 0.5) is 0 Å². The molecule has 2 fully saturated rings. The number of nitrogens with two attached hydrogens (primary N) is 1. The van der Waals surface area contributed by atoms with Crippen LogP contribution in [-0.2, 0) is 4.74 Å². The third-order valence-corrected chi connectivity index (χ3v) is 3.54. The van der Waals surface area contributed by atoms with Crippen LogP contribution in [0.15, 0.2) is 0 Å². The zero-order valence-electron chi connectivity index (χ0n) is 9.98. The normalized spacial score (nSPS) is 31.4. The van der Waals surface area contributed by atoms with Crippen molar-refractivity contribution in [3.8, 4) is 6.07 Å². The highest BCUT2D eigenvalue weighted by Crippen LogP contribution is 2.38. The molecule has 0 aromatic carbocycles. The Kier molecular flexibility index (Phi) is 3.48. The quantitative estimate of drug-likeness (QED) is 0.766. The molecule has 0 amide bonds. The lowest BCUT2D eigenvalue weighted by molar-refractivity contribution is 0.0652. The summed E-state index contributed by atoms with van der Waals surface area (Å²) in [6.45, 7) is 5.50. The van der Waals surface area contributed by atoms with Gasteiger partial charge < -0.3 is 10.5 Å². The van der Waals surface area contributed by atoms with E-state index in [4.69, 9.17) is 10.5 Å². The van der Waals surface area contributed by atoms with Crippen molar-refractivity contribution in [2.45, 2.75) is 37.8 Å². The van der Waals surface area contributed by atoms with Gasteiger partial charge in [-0.3, -0.25) is 4.90 Å². The molecule has 1 saturated heterocycles. The van der Waals surface area contributed by atoms with Gasteiger partial charge in [0.25, 0.3) is 0 Å². The first-order valence-corrected chi connectivity index (χ1v) is 6.18. The molecule has 1 aliphatic heterocycles. The molecule has 2 atom stereocenters. The third kappa shape index (κ3) is 2.73. The predicted octanol–water partition coefficient (Wildman–Crippen LogP) is 0.728. The van der Waals surface area contributed by atoms with E-state index in [2.05, 4.69) is 17.9 Å². The van der Waals surface area contributed by atoms with Gasteiger partial charge in [0, 0.05) is 26.2 Å². The van der Waals surface area contributed by atoms with E-state index >= 15 is 0 Å². The SMILES string of the molecule is CC1CN(CC(N)(C#N)C2CC2)CCCO1. The lowest BCUT2D eigenvalue weighted by Gasteiger charge is -2.30. The first kappa shape index (κ1) is 11.8. The van der Waals surface area contributed by atoms with Crippen molar-refractivity contribution in [2.24, 2.45) is 11.7 Å². The van der Waals surface area contributed by atoms with Crippen LogP contribution < -0.4 is 5.73 Å². The largest absolute Gasteiger partial charge is 0.377 e. The highest BCUT2D eigenvalue weighted by atomic mass is 16.5. The highest BCUT2D eigenvalue weighted by molar-refractivity contribution is 5.14. The first-order valence-electron chi connectivity index (χ1n) is 6.18. The van der Waals surface area contributed by atoms with Crippen molar-refractivity contribution >= 4 is 0 Å². The molecule has 16 heavy (non-hydrogen) atoms. The number of hydrogen-bond acceptors (Lipinski definition) is 4. The van der Waals surface area contributed by atoms with Gasteiger partial charge in [0.1, 0.15) is 5.54 Å². The fourth-order valence-electron chi connectivity index (χ4n) is 2.45. The van der Waals surface area contributed by atoms with Gasteiger partial charge in [-0.15, -0.1) is 0 Å². The van der Waals surface area contributed by atoms with Crippen LogP contribution in [0.2, 0.25) is 0 Å². The third-order valence-electron chi connectivity index (χ3n) is 3.54. The number of ether oxygens (including phenoxy) is 1. The molecular weight excluding hydrogens is 202 g/mol. The van der Waals surface area contributed by atoms with Gasteiger partial charge >= 0.3 is 0 Å². The van der Waals surface area contributed by atoms with E-state index in [0.717, 1.165) is 39.0 Å². The van der Waals surface area contributed by atoms with E-state index in [1.54, 1.807) is 0 Å². The molecule has 0 aromatic heterocycles. The Balaban J connectivity index is 1.94. The minimum atomic E-state index is -0.635. The minimum Gasteiger partial charge on any atom is -0.377 e. The molecule has 0 bridgehead atoms. The van der Waals surface area contributed by atoms with Crippen molar-refractivity contribution in [2.75, 3.05) is 26.2 Å². The van der Waals surface area contributed by atoms with Crippen molar-refractivity contribution in [1.29, 1.82) is 5.26 Å². The molecule has 2 unspecified atom stereocenters. The Hall–Kier alpha value is -0.630. The van der Waals surface area contributed by atoms with Crippen LogP contribution in [0.5, 0.6) is 0 Å². The van der Waals surface area contributed by atoms with Crippen LogP contribution in [0, 0.1) is 17.2 Å². The molecule has 2 aliphatic rings. The predicted molar refractivity (Wildman–Crippen MR) is 61.7 cm³/mol. The number of rotatable bonds is 3. The number of hydrogen-bond donors (Lipinski definition) is 1. The summed E-state index contributed by atoms with van der Waals surface area (Å²) in [5, 5.41) is 9.23. The van der Waals surface area contributed by atoms with E-state index in [-0.39, 0.29) is 6.10 Å². The number of nitriles is 1. The molecule has 4 nitrogen and oxygen atoms in total. The summed E-state index contributed by atoms with van der Waals surface area (Å²) in [4.78, 5) is 2.29. The summed E-state index contributed by atoms with van der Waals surface area (Å²) in [5.74, 6) is 0.414. The molecule has 90 valence electrons. The molecular formula is C12H21N3O. The van der Waals surface area contributed by atoms with Gasteiger partial charge in [0.2, 0.25) is 0 Å². The van der Waals surface area contributed by atoms with Crippen molar-refractivity contribution in [3.63, 3.8) is 0 Å². The fraction of sp³-hybridized carbons (Fsp3) is 0.917. The van der Waals surface area contributed by atoms with Crippen LogP contribution in [0.1, 0.15) is 26.2 Å². The molecule has 0 spiro atoms. The Bertz CT molecular complexity index is 284. The second-order valence-electron chi connectivity index (χ2n) is 5.20. The zero-order chi connectivity index (χ0) is 11.6. The maximum atomic E-state index is 9.23. The molecule has 1 saturated carbocycles. The zero-order valence-corrected chi connectivity index (χ0v) is 9.98. The summed E-state index contributed by atoms with van der Waals surface area (Å²) in [6, 6.07) is 2.32. The van der Waals surface area contributed by atoms with Crippen LogP contribution in [-0.4, -0.2) is 42.8 Å². The maximum Gasteiger partial charge on any atom is 0.119 e. The van der Waals surface area contributed by atoms with Gasteiger partial charge in [-0.2, -0.15) is 5.26 Å². The summed E-state index contributed by atoms with van der Waals surface area (Å²) in [5.41, 5.74) is 5.55. The van der Waals surface area contributed by atoms with Crippen LogP contribution >= 0.6 is 0 Å². The van der Waals surface area contributed by atoms with E-state index in [1.807, 2.05) is 0 Å². The van der Waals surface area contributed by atoms with Crippen molar-refractivity contribution in [3.05, 3.63) is 0 Å². The molecule has 2 N–H and O–H groups in total. The summed E-state index contributed by atoms with van der Waals surface area (Å²) in [6.07, 6.45) is 3.52. The Morgan fingerprint density at radius 1 is 1.56 bits per heavy atom. The molecule has 0 radical (unpaired) electrons. The van der Waals surface area contributed by atoms with Crippen molar-refractivity contribution < 1.29 is 4.74 Å². The Labute approximate surface area is 97.3 Å². The Morgan fingerprint density at radius 3 is 2.94 bits per heavy atom. The van der Waals surface area contributed by atoms with Gasteiger partial charge in [-0.05, 0) is 32.1 Å². The van der Waals surface area contributed by atoms with E-state index in [1.165, 1.54) is 0 Å². The average molecular weight is 223 g/mol. The molecule has 1 heterocycles. The fourth-order valence-corrected chi connectivity index (χ4v) is 2.45. The molecule has 4 heteroatoms. The van der Waals surface area contributed by atoms with Crippen LogP contribution in [0.3, 0.4) is 0 Å². The maximum absolute atomic E-state index is 9.23. The monoisotopic (exact) mass is 223 g/mol. The van der Waals surface area contributed by atoms with Gasteiger partial charge in [-0.1, -0.05) is 0 Å². The lowest BCUT2D eigenvalue weighted by Crippen LogP contribution is -2.52. The smallest absolute Gasteiger partial charge is 0.119 e. The van der Waals surface area contributed by atoms with Gasteiger partial charge in [0.15, 0.2) is 0 Å². The molecule has 2 rings (SSSR count). The second kappa shape index (κ2) is 4.70. The molecule has 1 aliphatic carbocycles. The first-order chi connectivity index (χ1) is 7.64. The summed E-state index contributed by atoms with van der Waals surface area (Å²) in [7, 11) is 0. The second-order valence-corrected chi connectivity index (χ2v) is 5.20. The minimum absolute atomic E-state index is 0.254. The van der Waals surface area contributed by atoms with Gasteiger partial charge in [0.05, 0.1) is 12.2 Å². The van der Waals surface area contributed by atoms with E-state index < -0.39 is 5.54 Å². The standard InChI is InChI=1S/C12H21N3O/c1-10-7-15(5-2-6-16-10)9-12(14,8-13)11-3-4-11/h10-11H,2-7,9,14H2,1H3. The lowest BCUT2D eigenvalue weighted by atomic mass is 9.95. The van der Waals surface area contributed by atoms with E-state index in [9.17, 15) is 5.26 Å². The topological polar surface area (TPSA) is 62.3 Å².